The highest BCUT2D eigenvalue weighted by atomic mass is 35.5. The van der Waals surface area contributed by atoms with Crippen LogP contribution >= 0.6 is 11.6 Å². The number of amides is 1. The van der Waals surface area contributed by atoms with E-state index in [1.54, 1.807) is 13.0 Å². The fourth-order valence-electron chi connectivity index (χ4n) is 1.35. The molecule has 0 spiro atoms. The minimum atomic E-state index is -1.17. The molecule has 0 aromatic heterocycles. The van der Waals surface area contributed by atoms with Crippen LogP contribution in [0.4, 0.5) is 10.5 Å². The number of carboxylic acids is 1. The number of hydrogen-bond donors (Lipinski definition) is 2. The third kappa shape index (κ3) is 3.24. The molecule has 0 radical (unpaired) electrons. The first-order valence-electron chi connectivity index (χ1n) is 5.04. The van der Waals surface area contributed by atoms with Crippen molar-refractivity contribution in [3.8, 4) is 0 Å². The molecule has 0 bridgehead atoms. The second-order valence-corrected chi connectivity index (χ2v) is 3.84. The molecule has 2 N–H and O–H groups in total. The van der Waals surface area contributed by atoms with Gasteiger partial charge in [0.2, 0.25) is 0 Å². The lowest BCUT2D eigenvalue weighted by molar-refractivity contribution is 0.0697. The van der Waals surface area contributed by atoms with Gasteiger partial charge in [0.15, 0.2) is 0 Å². The molecule has 6 heteroatoms. The first kappa shape index (κ1) is 14.1. The normalized spacial score (nSPS) is 9.67. The van der Waals surface area contributed by atoms with E-state index in [1.165, 1.54) is 12.1 Å². The number of halogens is 1. The Labute approximate surface area is 109 Å². The van der Waals surface area contributed by atoms with E-state index < -0.39 is 12.1 Å². The summed E-state index contributed by atoms with van der Waals surface area (Å²) in [6.07, 6.45) is 0.611. The molecule has 0 aliphatic rings. The predicted molar refractivity (Wildman–Crippen MR) is 68.3 cm³/mol. The molecule has 1 aromatic rings. The summed E-state index contributed by atoms with van der Waals surface area (Å²) in [5, 5.41) is 11.5. The van der Waals surface area contributed by atoms with Crippen LogP contribution in [-0.2, 0) is 4.74 Å². The molecule has 1 amide bonds. The molecule has 1 aromatic carbocycles. The number of carbonyl (C=O) groups is 2. The van der Waals surface area contributed by atoms with Crippen molar-refractivity contribution in [1.29, 1.82) is 0 Å². The minimum Gasteiger partial charge on any atom is -0.478 e. The Kier molecular flexibility index (Phi) is 4.74. The summed E-state index contributed by atoms with van der Waals surface area (Å²) in [6.45, 7) is 5.03. The van der Waals surface area contributed by atoms with Gasteiger partial charge in [0.1, 0.15) is 6.61 Å². The van der Waals surface area contributed by atoms with Gasteiger partial charge in [-0.1, -0.05) is 30.3 Å². The van der Waals surface area contributed by atoms with E-state index in [9.17, 15) is 9.59 Å². The maximum atomic E-state index is 11.4. The van der Waals surface area contributed by atoms with Crippen LogP contribution in [0.3, 0.4) is 0 Å². The molecule has 0 saturated heterocycles. The van der Waals surface area contributed by atoms with Crippen molar-refractivity contribution in [2.75, 3.05) is 11.9 Å². The van der Waals surface area contributed by atoms with E-state index in [0.717, 1.165) is 0 Å². The number of aromatic carboxylic acids is 1. The van der Waals surface area contributed by atoms with Gasteiger partial charge in [-0.2, -0.15) is 0 Å². The van der Waals surface area contributed by atoms with E-state index in [1.807, 2.05) is 0 Å². The molecule has 18 heavy (non-hydrogen) atoms. The Morgan fingerprint density at radius 1 is 1.56 bits per heavy atom. The maximum absolute atomic E-state index is 11.4. The summed E-state index contributed by atoms with van der Waals surface area (Å²) in [4.78, 5) is 22.5. The summed E-state index contributed by atoms with van der Waals surface area (Å²) in [5.74, 6) is -1.17. The largest absolute Gasteiger partial charge is 0.478 e. The van der Waals surface area contributed by atoms with Crippen molar-refractivity contribution in [3.63, 3.8) is 0 Å². The van der Waals surface area contributed by atoms with Gasteiger partial charge in [-0.3, -0.25) is 5.32 Å². The molecule has 0 aliphatic carbocycles. The number of aryl methyl sites for hydroxylation is 1. The Morgan fingerprint density at radius 3 is 2.78 bits per heavy atom. The van der Waals surface area contributed by atoms with Crippen LogP contribution in [0.15, 0.2) is 24.8 Å². The Hall–Kier alpha value is -2.01. The number of hydrogen-bond acceptors (Lipinski definition) is 3. The zero-order valence-corrected chi connectivity index (χ0v) is 10.5. The number of rotatable bonds is 4. The lowest BCUT2D eigenvalue weighted by Gasteiger charge is -2.12. The van der Waals surface area contributed by atoms with Crippen molar-refractivity contribution >= 4 is 29.4 Å². The van der Waals surface area contributed by atoms with E-state index >= 15 is 0 Å². The van der Waals surface area contributed by atoms with Crippen LogP contribution in [0.5, 0.6) is 0 Å². The topological polar surface area (TPSA) is 75.6 Å². The average Bonchev–Trinajstić information content (AvgIpc) is 2.30. The van der Waals surface area contributed by atoms with Gasteiger partial charge in [-0.05, 0) is 18.6 Å². The third-order valence-corrected chi connectivity index (χ3v) is 2.45. The summed E-state index contributed by atoms with van der Waals surface area (Å²) in [5.41, 5.74) is 0.460. The van der Waals surface area contributed by atoms with Gasteiger partial charge in [0, 0.05) is 0 Å². The fourth-order valence-corrected chi connectivity index (χ4v) is 1.56. The number of ether oxygens (including phenoxy) is 1. The number of carboxylic acid groups (broad SMARTS) is 1. The molecule has 0 aliphatic heterocycles. The quantitative estimate of drug-likeness (QED) is 0.824. The molecular formula is C12H12ClNO4. The molecule has 96 valence electrons. The highest BCUT2D eigenvalue weighted by Crippen LogP contribution is 2.29. The summed E-state index contributed by atoms with van der Waals surface area (Å²) in [6, 6.07) is 3.07. The van der Waals surface area contributed by atoms with E-state index in [0.29, 0.717) is 5.56 Å². The SMILES string of the molecule is C=CCOC(=O)Nc1c(Cl)ccc(C)c1C(=O)O. The Bertz CT molecular complexity index is 499. The lowest BCUT2D eigenvalue weighted by Crippen LogP contribution is -2.17. The van der Waals surface area contributed by atoms with Crippen molar-refractivity contribution in [1.82, 2.24) is 0 Å². The van der Waals surface area contributed by atoms with Gasteiger partial charge < -0.3 is 9.84 Å². The van der Waals surface area contributed by atoms with Crippen molar-refractivity contribution in [3.05, 3.63) is 40.9 Å². The predicted octanol–water partition coefficient (Wildman–Crippen LogP) is 3.08. The second-order valence-electron chi connectivity index (χ2n) is 3.43. The van der Waals surface area contributed by atoms with Crippen LogP contribution in [-0.4, -0.2) is 23.8 Å². The van der Waals surface area contributed by atoms with Crippen molar-refractivity contribution in [2.24, 2.45) is 0 Å². The average molecular weight is 270 g/mol. The van der Waals surface area contributed by atoms with E-state index in [2.05, 4.69) is 11.9 Å². The smallest absolute Gasteiger partial charge is 0.412 e. The molecular weight excluding hydrogens is 258 g/mol. The van der Waals surface area contributed by atoms with Gasteiger partial charge >= 0.3 is 12.1 Å². The lowest BCUT2D eigenvalue weighted by atomic mass is 10.1. The molecule has 5 nitrogen and oxygen atoms in total. The fraction of sp³-hybridized carbons (Fsp3) is 0.167. The maximum Gasteiger partial charge on any atom is 0.412 e. The highest BCUT2D eigenvalue weighted by molar-refractivity contribution is 6.34. The van der Waals surface area contributed by atoms with Crippen molar-refractivity contribution in [2.45, 2.75) is 6.92 Å². The molecule has 0 saturated carbocycles. The standard InChI is InChI=1S/C12H12ClNO4/c1-3-6-18-12(17)14-10-8(13)5-4-7(2)9(10)11(15)16/h3-5H,1,6H2,2H3,(H,14,17)(H,15,16). The van der Waals surface area contributed by atoms with Crippen molar-refractivity contribution < 1.29 is 19.4 Å². The van der Waals surface area contributed by atoms with Crippen LogP contribution in [0.2, 0.25) is 5.02 Å². The molecule has 0 heterocycles. The third-order valence-electron chi connectivity index (χ3n) is 2.14. The monoisotopic (exact) mass is 269 g/mol. The number of anilines is 1. The van der Waals surface area contributed by atoms with Crippen LogP contribution < -0.4 is 5.32 Å². The zero-order valence-electron chi connectivity index (χ0n) is 9.70. The zero-order chi connectivity index (χ0) is 13.7. The second kappa shape index (κ2) is 6.07. The first-order chi connectivity index (χ1) is 8.47. The number of carbonyl (C=O) groups excluding carboxylic acids is 1. The summed E-state index contributed by atoms with van der Waals surface area (Å²) >= 11 is 5.87. The Balaban J connectivity index is 3.07. The molecule has 0 unspecified atom stereocenters. The van der Waals surface area contributed by atoms with E-state index in [4.69, 9.17) is 21.4 Å². The minimum absolute atomic E-state index is 0.0255. The van der Waals surface area contributed by atoms with Crippen LogP contribution in [0, 0.1) is 6.92 Å². The van der Waals surface area contributed by atoms with Crippen LogP contribution in [0.1, 0.15) is 15.9 Å². The summed E-state index contributed by atoms with van der Waals surface area (Å²) in [7, 11) is 0. The van der Waals surface area contributed by atoms with Crippen LogP contribution in [0.25, 0.3) is 0 Å². The summed E-state index contributed by atoms with van der Waals surface area (Å²) < 4.78 is 4.71. The molecule has 0 atom stereocenters. The Morgan fingerprint density at radius 2 is 2.22 bits per heavy atom. The number of nitrogens with one attached hydrogen (secondary N) is 1. The van der Waals surface area contributed by atoms with Gasteiger partial charge in [0.05, 0.1) is 16.3 Å². The van der Waals surface area contributed by atoms with Gasteiger partial charge in [0.25, 0.3) is 0 Å². The molecule has 0 fully saturated rings. The van der Waals surface area contributed by atoms with E-state index in [-0.39, 0.29) is 22.9 Å². The highest BCUT2D eigenvalue weighted by Gasteiger charge is 2.18. The number of benzene rings is 1. The van der Waals surface area contributed by atoms with Gasteiger partial charge in [-0.25, -0.2) is 9.59 Å². The van der Waals surface area contributed by atoms with Gasteiger partial charge in [-0.15, -0.1) is 0 Å². The first-order valence-corrected chi connectivity index (χ1v) is 5.42. The molecule has 1 rings (SSSR count).